The maximum Gasteiger partial charge on any atom is 0.250 e. The van der Waals surface area contributed by atoms with Crippen molar-refractivity contribution in [2.24, 2.45) is 0 Å². The molecule has 1 aromatic heterocycles. The lowest BCUT2D eigenvalue weighted by molar-refractivity contribution is 0.588. The molecule has 0 aliphatic heterocycles. The number of benzene rings is 1. The summed E-state index contributed by atoms with van der Waals surface area (Å²) < 4.78 is 1.74. The summed E-state index contributed by atoms with van der Waals surface area (Å²) in [6, 6.07) is 14.4. The zero-order chi connectivity index (χ0) is 15.1. The Morgan fingerprint density at radius 1 is 1.14 bits per heavy atom. The molecule has 2 aromatic rings. The zero-order valence-electron chi connectivity index (χ0n) is 12.6. The molecule has 0 atom stereocenters. The first-order chi connectivity index (χ1) is 10.1. The van der Waals surface area contributed by atoms with Gasteiger partial charge in [0.25, 0.3) is 5.56 Å². The Bertz CT molecular complexity index is 605. The van der Waals surface area contributed by atoms with Crippen LogP contribution in [0, 0.1) is 0 Å². The summed E-state index contributed by atoms with van der Waals surface area (Å²) in [7, 11) is 0. The minimum Gasteiger partial charge on any atom is -0.315 e. The highest BCUT2D eigenvalue weighted by molar-refractivity contribution is 7.99. The van der Waals surface area contributed by atoms with Crippen LogP contribution in [-0.4, -0.2) is 16.4 Å². The molecule has 0 fully saturated rings. The smallest absolute Gasteiger partial charge is 0.250 e. The van der Waals surface area contributed by atoms with Gasteiger partial charge in [-0.3, -0.25) is 4.79 Å². The fourth-order valence-electron chi connectivity index (χ4n) is 1.93. The predicted molar refractivity (Wildman–Crippen MR) is 89.8 cm³/mol. The van der Waals surface area contributed by atoms with Crippen molar-refractivity contribution in [3.8, 4) is 0 Å². The fraction of sp³-hybridized carbons (Fsp3) is 0.353. The van der Waals surface area contributed by atoms with Crippen molar-refractivity contribution in [1.82, 2.24) is 9.88 Å². The molecule has 0 amide bonds. The van der Waals surface area contributed by atoms with Crippen molar-refractivity contribution >= 4 is 11.8 Å². The lowest BCUT2D eigenvalue weighted by atomic mass is 10.2. The van der Waals surface area contributed by atoms with E-state index in [1.54, 1.807) is 28.5 Å². The third-order valence-electron chi connectivity index (χ3n) is 3.14. The summed E-state index contributed by atoms with van der Waals surface area (Å²) in [6.45, 7) is 5.94. The van der Waals surface area contributed by atoms with Crippen molar-refractivity contribution in [2.45, 2.75) is 37.9 Å². The van der Waals surface area contributed by atoms with E-state index >= 15 is 0 Å². The normalized spacial score (nSPS) is 11.0. The van der Waals surface area contributed by atoms with Crippen LogP contribution in [0.5, 0.6) is 0 Å². The van der Waals surface area contributed by atoms with E-state index in [0.29, 0.717) is 6.04 Å². The Kier molecular flexibility index (Phi) is 6.08. The standard InChI is InChI=1S/C17H22N2OS/c1-14(2)18-13-15-6-8-16(9-7-15)21-12-11-19-10-4-3-5-17(19)20/h3-10,14,18H,11-13H2,1-2H3. The van der Waals surface area contributed by atoms with Crippen molar-refractivity contribution in [1.29, 1.82) is 0 Å². The van der Waals surface area contributed by atoms with E-state index in [9.17, 15) is 4.79 Å². The van der Waals surface area contributed by atoms with Crippen LogP contribution >= 0.6 is 11.8 Å². The second-order valence-electron chi connectivity index (χ2n) is 5.26. The summed E-state index contributed by atoms with van der Waals surface area (Å²) in [4.78, 5) is 12.8. The number of thioether (sulfide) groups is 1. The second kappa shape index (κ2) is 8.05. The van der Waals surface area contributed by atoms with Gasteiger partial charge in [0.05, 0.1) is 0 Å². The Hall–Kier alpha value is -1.52. The van der Waals surface area contributed by atoms with Gasteiger partial charge in [0, 0.05) is 42.0 Å². The third-order valence-corrected chi connectivity index (χ3v) is 4.13. The van der Waals surface area contributed by atoms with Crippen LogP contribution in [0.1, 0.15) is 19.4 Å². The summed E-state index contributed by atoms with van der Waals surface area (Å²) in [5, 5.41) is 3.41. The van der Waals surface area contributed by atoms with E-state index in [4.69, 9.17) is 0 Å². The monoisotopic (exact) mass is 302 g/mol. The van der Waals surface area contributed by atoms with Gasteiger partial charge < -0.3 is 9.88 Å². The van der Waals surface area contributed by atoms with E-state index in [1.165, 1.54) is 10.5 Å². The van der Waals surface area contributed by atoms with Gasteiger partial charge in [0.15, 0.2) is 0 Å². The number of aromatic nitrogens is 1. The first kappa shape index (κ1) is 15.9. The van der Waals surface area contributed by atoms with Gasteiger partial charge in [-0.05, 0) is 23.8 Å². The fourth-order valence-corrected chi connectivity index (χ4v) is 2.78. The number of hydrogen-bond donors (Lipinski definition) is 1. The Balaban J connectivity index is 1.81. The second-order valence-corrected chi connectivity index (χ2v) is 6.43. The molecule has 1 aromatic carbocycles. The third kappa shape index (κ3) is 5.40. The lowest BCUT2D eigenvalue weighted by Crippen LogP contribution is -2.21. The van der Waals surface area contributed by atoms with Crippen LogP contribution in [0.3, 0.4) is 0 Å². The van der Waals surface area contributed by atoms with E-state index < -0.39 is 0 Å². The number of hydrogen-bond acceptors (Lipinski definition) is 3. The number of pyridine rings is 1. The number of nitrogens with one attached hydrogen (secondary N) is 1. The molecular formula is C17H22N2OS. The van der Waals surface area contributed by atoms with Crippen LogP contribution in [-0.2, 0) is 13.1 Å². The molecule has 2 rings (SSSR count). The molecule has 0 unspecified atom stereocenters. The maximum atomic E-state index is 11.6. The minimum absolute atomic E-state index is 0.0632. The summed E-state index contributed by atoms with van der Waals surface area (Å²) in [5.41, 5.74) is 1.36. The quantitative estimate of drug-likeness (QED) is 0.798. The molecule has 0 saturated carbocycles. The van der Waals surface area contributed by atoms with E-state index in [0.717, 1.165) is 18.8 Å². The molecular weight excluding hydrogens is 280 g/mol. The van der Waals surface area contributed by atoms with Gasteiger partial charge in [0.1, 0.15) is 0 Å². The van der Waals surface area contributed by atoms with Crippen LogP contribution < -0.4 is 10.9 Å². The van der Waals surface area contributed by atoms with Gasteiger partial charge in [-0.25, -0.2) is 0 Å². The van der Waals surface area contributed by atoms with Gasteiger partial charge >= 0.3 is 0 Å². The van der Waals surface area contributed by atoms with Crippen molar-refractivity contribution in [3.63, 3.8) is 0 Å². The van der Waals surface area contributed by atoms with Crippen LogP contribution in [0.15, 0.2) is 58.4 Å². The maximum absolute atomic E-state index is 11.6. The van der Waals surface area contributed by atoms with Crippen molar-refractivity contribution < 1.29 is 0 Å². The highest BCUT2D eigenvalue weighted by Gasteiger charge is 1.99. The average molecular weight is 302 g/mol. The van der Waals surface area contributed by atoms with E-state index in [-0.39, 0.29) is 5.56 Å². The molecule has 21 heavy (non-hydrogen) atoms. The van der Waals surface area contributed by atoms with Crippen LogP contribution in [0.25, 0.3) is 0 Å². The molecule has 0 spiro atoms. The summed E-state index contributed by atoms with van der Waals surface area (Å²) >= 11 is 1.78. The first-order valence-corrected chi connectivity index (χ1v) is 8.24. The minimum atomic E-state index is 0.0632. The van der Waals surface area contributed by atoms with Gasteiger partial charge in [-0.2, -0.15) is 0 Å². The van der Waals surface area contributed by atoms with Gasteiger partial charge in [-0.1, -0.05) is 32.0 Å². The Morgan fingerprint density at radius 3 is 2.57 bits per heavy atom. The molecule has 0 saturated heterocycles. The molecule has 0 aliphatic carbocycles. The van der Waals surface area contributed by atoms with Gasteiger partial charge in [0.2, 0.25) is 0 Å². The molecule has 4 heteroatoms. The molecule has 112 valence electrons. The highest BCUT2D eigenvalue weighted by Crippen LogP contribution is 2.18. The molecule has 1 heterocycles. The van der Waals surface area contributed by atoms with Crippen molar-refractivity contribution in [2.75, 3.05) is 5.75 Å². The molecule has 0 bridgehead atoms. The van der Waals surface area contributed by atoms with E-state index in [2.05, 4.69) is 43.4 Å². The highest BCUT2D eigenvalue weighted by atomic mass is 32.2. The number of nitrogens with zero attached hydrogens (tertiary/aromatic N) is 1. The molecule has 0 radical (unpaired) electrons. The van der Waals surface area contributed by atoms with E-state index in [1.807, 2.05) is 12.3 Å². The summed E-state index contributed by atoms with van der Waals surface area (Å²) in [5.74, 6) is 0.896. The Labute approximate surface area is 130 Å². The number of aryl methyl sites for hydroxylation is 1. The first-order valence-electron chi connectivity index (χ1n) is 7.26. The van der Waals surface area contributed by atoms with Crippen LogP contribution in [0.4, 0.5) is 0 Å². The average Bonchev–Trinajstić information content (AvgIpc) is 2.48. The topological polar surface area (TPSA) is 34.0 Å². The van der Waals surface area contributed by atoms with Crippen molar-refractivity contribution in [3.05, 3.63) is 64.6 Å². The van der Waals surface area contributed by atoms with Gasteiger partial charge in [-0.15, -0.1) is 11.8 Å². The predicted octanol–water partition coefficient (Wildman–Crippen LogP) is 3.14. The SMILES string of the molecule is CC(C)NCc1ccc(SCCn2ccccc2=O)cc1. The zero-order valence-corrected chi connectivity index (χ0v) is 13.4. The molecule has 0 aliphatic rings. The van der Waals surface area contributed by atoms with Crippen LogP contribution in [0.2, 0.25) is 0 Å². The Morgan fingerprint density at radius 2 is 1.90 bits per heavy atom. The largest absolute Gasteiger partial charge is 0.315 e. The molecule has 3 nitrogen and oxygen atoms in total. The molecule has 1 N–H and O–H groups in total. The summed E-state index contributed by atoms with van der Waals surface area (Å²) in [6.07, 6.45) is 1.84. The number of rotatable bonds is 7. The lowest BCUT2D eigenvalue weighted by Gasteiger charge is -2.09.